The molecule has 4 unspecified atom stereocenters. The molecule has 3 aromatic heterocycles. The molecule has 3 aliphatic heterocycles. The van der Waals surface area contributed by atoms with Gasteiger partial charge in [0.15, 0.2) is 17.5 Å². The third-order valence-electron chi connectivity index (χ3n) is 11.3. The molecule has 6 heterocycles. The Kier molecular flexibility index (Phi) is 22.0. The summed E-state index contributed by atoms with van der Waals surface area (Å²) in [5.41, 5.74) is 2.96. The molecule has 24 heteroatoms. The van der Waals surface area contributed by atoms with Gasteiger partial charge in [-0.2, -0.15) is 15.3 Å². The molecule has 0 radical (unpaired) electrons. The lowest BCUT2D eigenvalue weighted by Crippen LogP contribution is -2.49. The van der Waals surface area contributed by atoms with Gasteiger partial charge in [0.2, 0.25) is 0 Å². The minimum absolute atomic E-state index is 0.0243. The van der Waals surface area contributed by atoms with Crippen LogP contribution in [0.15, 0.2) is 32.6 Å². The number of H-pyrrole nitrogens is 1. The number of hydrazine groups is 1. The van der Waals surface area contributed by atoms with Gasteiger partial charge in [-0.3, -0.25) is 28.8 Å². The van der Waals surface area contributed by atoms with Crippen LogP contribution in [0.4, 0.5) is 4.39 Å². The van der Waals surface area contributed by atoms with Crippen LogP contribution in [0.25, 0.3) is 0 Å². The van der Waals surface area contributed by atoms with E-state index in [2.05, 4.69) is 35.9 Å². The summed E-state index contributed by atoms with van der Waals surface area (Å²) in [5.74, 6) is 6.03. The van der Waals surface area contributed by atoms with Crippen molar-refractivity contribution >= 4 is 5.91 Å². The number of carbonyl (C=O) groups excluding carboxylic acids is 1. The summed E-state index contributed by atoms with van der Waals surface area (Å²) in [6.07, 6.45) is 3.45. The van der Waals surface area contributed by atoms with Crippen molar-refractivity contribution in [3.05, 3.63) is 84.1 Å². The summed E-state index contributed by atoms with van der Waals surface area (Å²) in [5, 5.41) is 25.5. The van der Waals surface area contributed by atoms with Gasteiger partial charge < -0.3 is 33.5 Å². The molecule has 3 fully saturated rings. The number of aryl methyl sites for hydroxylation is 1. The number of hydrogen-bond acceptors (Lipinski definition) is 16. The van der Waals surface area contributed by atoms with Crippen LogP contribution >= 0.6 is 0 Å². The molecule has 1 aromatic carbocycles. The Morgan fingerprint density at radius 3 is 1.92 bits per heavy atom. The molecule has 66 heavy (non-hydrogen) atoms. The summed E-state index contributed by atoms with van der Waals surface area (Å²) < 4.78 is 52.2. The van der Waals surface area contributed by atoms with Crippen LogP contribution in [0.2, 0.25) is 0 Å². The third kappa shape index (κ3) is 15.0. The van der Waals surface area contributed by atoms with Gasteiger partial charge in [0.1, 0.15) is 38.3 Å². The van der Waals surface area contributed by atoms with Crippen LogP contribution in [-0.4, -0.2) is 138 Å². The molecule has 3 saturated heterocycles. The number of aliphatic hydroxyl groups excluding tert-OH is 1. The van der Waals surface area contributed by atoms with Gasteiger partial charge in [-0.25, -0.2) is 39.1 Å². The van der Waals surface area contributed by atoms with Gasteiger partial charge in [-0.15, -0.1) is 0 Å². The first-order chi connectivity index (χ1) is 31.8. The molecule has 4 atom stereocenters. The molecule has 2 bridgehead atoms. The van der Waals surface area contributed by atoms with Gasteiger partial charge in [-0.05, 0) is 65.0 Å². The van der Waals surface area contributed by atoms with E-state index in [1.54, 1.807) is 36.5 Å². The predicted molar refractivity (Wildman–Crippen MR) is 237 cm³/mol. The van der Waals surface area contributed by atoms with E-state index in [9.17, 15) is 28.7 Å². The fraction of sp³-hybridized carbons (Fsp3) is 0.690. The van der Waals surface area contributed by atoms with E-state index in [0.29, 0.717) is 81.1 Å². The standard InChI is InChI=1S/C24H35FN4O4.C9H15N3O3.C6H11N3O2.C3H8N2O2/c1-4-27-23(15-32-3)26-29(24(27)31)13-19(30)12-28-17-8-9-18(28)11-20(10-17)33-14-21-16(2)6-5-7-22(21)25;1-3-11-8(6-14-2)10-12(9(11)13)4-7-5-15-7;1-3-9-5(4-11-2)7-8-6(9)10;1-7-2-3(6)5-4/h5-7,17-20,30H,4,8-15H2,1-3H3;7H,3-6H2,1-2H3;3-4H2,1-2H3,(H,8,10);2,4H2,1H3,(H,5,6). The largest absolute Gasteiger partial charge is 0.390 e. The van der Waals surface area contributed by atoms with Crippen molar-refractivity contribution in [1.82, 2.24) is 53.8 Å². The molecule has 370 valence electrons. The summed E-state index contributed by atoms with van der Waals surface area (Å²) in [6.45, 7) is 12.6. The minimum atomic E-state index is -0.695. The Hall–Kier alpha value is -4.92. The first-order valence-corrected chi connectivity index (χ1v) is 22.1. The highest BCUT2D eigenvalue weighted by molar-refractivity contribution is 5.76. The van der Waals surface area contributed by atoms with Crippen LogP contribution in [0.5, 0.6) is 0 Å². The number of fused-ring (bicyclic) bond motifs is 2. The van der Waals surface area contributed by atoms with Crippen molar-refractivity contribution in [3.63, 3.8) is 0 Å². The number of nitrogens with two attached hydrogens (primary N) is 1. The Morgan fingerprint density at radius 2 is 1.42 bits per heavy atom. The zero-order valence-corrected chi connectivity index (χ0v) is 39.4. The summed E-state index contributed by atoms with van der Waals surface area (Å²) in [7, 11) is 6.15. The highest BCUT2D eigenvalue weighted by Crippen LogP contribution is 2.37. The second kappa shape index (κ2) is 27.0. The van der Waals surface area contributed by atoms with Crippen LogP contribution < -0.4 is 28.3 Å². The number of rotatable bonds is 20. The average Bonchev–Trinajstić information content (AvgIpc) is 3.81. The van der Waals surface area contributed by atoms with Gasteiger partial charge in [-0.1, -0.05) is 12.1 Å². The fourth-order valence-corrected chi connectivity index (χ4v) is 7.98. The van der Waals surface area contributed by atoms with Gasteiger partial charge in [0.25, 0.3) is 5.91 Å². The second-order valence-electron chi connectivity index (χ2n) is 15.9. The lowest BCUT2D eigenvalue weighted by molar-refractivity contribution is -0.124. The SMILES string of the molecule is CCn1c(COC)n[nH]c1=O.CCn1c(COC)nn(CC(O)CN2C3CCC2CC(OCc2c(C)cccc2F)C3)c1=O.CCn1c(COC)nn(CC2CO2)c1=O.COCC(=O)NN. The molecule has 7 rings (SSSR count). The zero-order chi connectivity index (χ0) is 48.3. The molecule has 0 saturated carbocycles. The summed E-state index contributed by atoms with van der Waals surface area (Å²) >= 11 is 0. The molecule has 0 aliphatic carbocycles. The molecular formula is C42H69FN12O11. The van der Waals surface area contributed by atoms with Crippen LogP contribution in [0.1, 0.15) is 75.1 Å². The van der Waals surface area contributed by atoms with Crippen molar-refractivity contribution in [3.8, 4) is 0 Å². The highest BCUT2D eigenvalue weighted by Gasteiger charge is 2.42. The van der Waals surface area contributed by atoms with Crippen molar-refractivity contribution < 1.29 is 42.7 Å². The fourth-order valence-electron chi connectivity index (χ4n) is 7.98. The molecule has 23 nitrogen and oxygen atoms in total. The van der Waals surface area contributed by atoms with Gasteiger partial charge >= 0.3 is 17.1 Å². The van der Waals surface area contributed by atoms with Crippen molar-refractivity contribution in [2.75, 3.05) is 48.2 Å². The van der Waals surface area contributed by atoms with E-state index in [1.807, 2.05) is 39.2 Å². The average molecular weight is 937 g/mol. The Bertz CT molecular complexity index is 2230. The van der Waals surface area contributed by atoms with E-state index in [1.165, 1.54) is 27.1 Å². The Labute approximate surface area is 382 Å². The molecular weight excluding hydrogens is 868 g/mol. The second-order valence-corrected chi connectivity index (χ2v) is 15.9. The highest BCUT2D eigenvalue weighted by atomic mass is 19.1. The van der Waals surface area contributed by atoms with E-state index < -0.39 is 6.10 Å². The molecule has 0 spiro atoms. The van der Waals surface area contributed by atoms with Gasteiger partial charge in [0.05, 0.1) is 38.5 Å². The maximum atomic E-state index is 14.1. The minimum Gasteiger partial charge on any atom is -0.390 e. The van der Waals surface area contributed by atoms with Gasteiger partial charge in [0, 0.05) is 72.3 Å². The quantitative estimate of drug-likeness (QED) is 0.0399. The van der Waals surface area contributed by atoms with Crippen molar-refractivity contribution in [2.45, 2.75) is 143 Å². The number of piperidine rings is 1. The molecule has 5 N–H and O–H groups in total. The number of aromatic amines is 1. The Morgan fingerprint density at radius 1 is 0.864 bits per heavy atom. The number of nitrogens with one attached hydrogen (secondary N) is 2. The number of amides is 1. The van der Waals surface area contributed by atoms with Crippen LogP contribution in [0.3, 0.4) is 0 Å². The van der Waals surface area contributed by atoms with E-state index in [0.717, 1.165) is 37.9 Å². The van der Waals surface area contributed by atoms with Crippen LogP contribution in [0, 0.1) is 12.7 Å². The first kappa shape index (κ1) is 53.7. The van der Waals surface area contributed by atoms with Crippen molar-refractivity contribution in [1.29, 1.82) is 0 Å². The summed E-state index contributed by atoms with van der Waals surface area (Å²) in [6, 6.07) is 5.77. The molecule has 1 amide bonds. The topological polar surface area (TPSA) is 268 Å². The number of ether oxygens (including phenoxy) is 6. The van der Waals surface area contributed by atoms with E-state index in [4.69, 9.17) is 23.7 Å². The third-order valence-corrected chi connectivity index (χ3v) is 11.3. The lowest BCUT2D eigenvalue weighted by atomic mass is 9.99. The number of benzene rings is 1. The number of epoxide rings is 1. The normalized spacial score (nSPS) is 19.0. The van der Waals surface area contributed by atoms with E-state index >= 15 is 0 Å². The smallest absolute Gasteiger partial charge is 0.346 e. The number of methoxy groups -OCH3 is 4. The number of aromatic nitrogens is 9. The number of halogens is 1. The Balaban J connectivity index is 0.000000235. The number of nitrogens with zero attached hydrogens (tertiary/aromatic N) is 9. The lowest BCUT2D eigenvalue weighted by Gasteiger charge is -2.39. The van der Waals surface area contributed by atoms with Crippen LogP contribution in [-0.2, 0) is 92.4 Å². The predicted octanol–water partition coefficient (Wildman–Crippen LogP) is 0.202. The van der Waals surface area contributed by atoms with E-state index in [-0.39, 0.29) is 67.4 Å². The number of carbonyl (C=O) groups is 1. The maximum absolute atomic E-state index is 14.1. The maximum Gasteiger partial charge on any atom is 0.346 e. The zero-order valence-electron chi connectivity index (χ0n) is 39.4. The summed E-state index contributed by atoms with van der Waals surface area (Å²) in [4.78, 5) is 47.7. The number of hydrogen-bond donors (Lipinski definition) is 4. The first-order valence-electron chi connectivity index (χ1n) is 22.1. The monoisotopic (exact) mass is 937 g/mol. The number of aliphatic hydroxyl groups is 1. The molecule has 3 aliphatic rings. The van der Waals surface area contributed by atoms with Crippen molar-refractivity contribution in [2.24, 2.45) is 5.84 Å². The molecule has 4 aromatic rings.